The van der Waals surface area contributed by atoms with Crippen LogP contribution in [0.1, 0.15) is 47.8 Å². The number of cyclic esters (lactones) is 2. The van der Waals surface area contributed by atoms with Crippen molar-refractivity contribution in [2.24, 2.45) is 4.99 Å². The maximum Gasteiger partial charge on any atom is 0.367 e. The van der Waals surface area contributed by atoms with E-state index in [1.54, 1.807) is 24.3 Å². The quantitative estimate of drug-likeness (QED) is 0.581. The number of ether oxygens (including phenoxy) is 2. The van der Waals surface area contributed by atoms with Crippen molar-refractivity contribution >= 4 is 23.6 Å². The Hall–Kier alpha value is -3.21. The molecule has 2 aliphatic heterocycles. The summed E-state index contributed by atoms with van der Waals surface area (Å²) in [5.41, 5.74) is 2.88. The van der Waals surface area contributed by atoms with Crippen LogP contribution in [0, 0.1) is 0 Å². The SMILES string of the molecule is CC(C)(C)c1ccc(C2=N/C(=C3\OC(=O)c4ccccc43)C(=O)O2)cc1. The fraction of sp³-hybridized carbons (Fsp3) is 0.190. The van der Waals surface area contributed by atoms with Crippen molar-refractivity contribution < 1.29 is 19.1 Å². The molecule has 0 N–H and O–H groups in total. The van der Waals surface area contributed by atoms with Gasteiger partial charge in [0.25, 0.3) is 0 Å². The zero-order valence-electron chi connectivity index (χ0n) is 14.7. The second-order valence-corrected chi connectivity index (χ2v) is 7.25. The van der Waals surface area contributed by atoms with E-state index in [9.17, 15) is 9.59 Å². The van der Waals surface area contributed by atoms with Gasteiger partial charge in [-0.1, -0.05) is 51.1 Å². The number of hydrogen-bond acceptors (Lipinski definition) is 5. The predicted molar refractivity (Wildman–Crippen MR) is 96.5 cm³/mol. The van der Waals surface area contributed by atoms with E-state index in [0.29, 0.717) is 16.7 Å². The lowest BCUT2D eigenvalue weighted by Crippen LogP contribution is -2.11. The van der Waals surface area contributed by atoms with Gasteiger partial charge in [-0.05, 0) is 29.2 Å². The Kier molecular flexibility index (Phi) is 3.54. The second-order valence-electron chi connectivity index (χ2n) is 7.25. The van der Waals surface area contributed by atoms with Crippen LogP contribution in [0.25, 0.3) is 5.76 Å². The summed E-state index contributed by atoms with van der Waals surface area (Å²) in [7, 11) is 0. The molecule has 0 saturated heterocycles. The first-order valence-corrected chi connectivity index (χ1v) is 8.32. The van der Waals surface area contributed by atoms with Crippen LogP contribution >= 0.6 is 0 Å². The van der Waals surface area contributed by atoms with Gasteiger partial charge in [0.05, 0.1) is 5.56 Å². The molecule has 5 nitrogen and oxygen atoms in total. The van der Waals surface area contributed by atoms with Gasteiger partial charge in [-0.3, -0.25) is 0 Å². The van der Waals surface area contributed by atoms with E-state index >= 15 is 0 Å². The Labute approximate surface area is 151 Å². The van der Waals surface area contributed by atoms with Gasteiger partial charge in [0.15, 0.2) is 11.5 Å². The van der Waals surface area contributed by atoms with Crippen molar-refractivity contribution in [3.8, 4) is 0 Å². The molecule has 130 valence electrons. The summed E-state index contributed by atoms with van der Waals surface area (Å²) in [6, 6.07) is 14.6. The number of nitrogens with zero attached hydrogens (tertiary/aromatic N) is 1. The van der Waals surface area contributed by atoms with E-state index < -0.39 is 11.9 Å². The minimum atomic E-state index is -0.626. The summed E-state index contributed by atoms with van der Waals surface area (Å²) in [4.78, 5) is 28.6. The molecule has 0 unspecified atom stereocenters. The van der Waals surface area contributed by atoms with Gasteiger partial charge in [-0.25, -0.2) is 14.6 Å². The zero-order chi connectivity index (χ0) is 18.5. The first-order valence-electron chi connectivity index (χ1n) is 8.32. The molecule has 2 aromatic rings. The minimum absolute atomic E-state index is 0.0122. The Morgan fingerprint density at radius 1 is 0.808 bits per heavy atom. The Balaban J connectivity index is 1.74. The van der Waals surface area contributed by atoms with Crippen molar-refractivity contribution in [1.82, 2.24) is 0 Å². The van der Waals surface area contributed by atoms with Gasteiger partial charge < -0.3 is 9.47 Å². The van der Waals surface area contributed by atoms with E-state index in [0.717, 1.165) is 0 Å². The number of carbonyl (C=O) groups is 2. The highest BCUT2D eigenvalue weighted by atomic mass is 16.6. The first-order chi connectivity index (χ1) is 12.3. The Morgan fingerprint density at radius 2 is 1.46 bits per heavy atom. The fourth-order valence-electron chi connectivity index (χ4n) is 2.92. The van der Waals surface area contributed by atoms with Crippen LogP contribution in [0.4, 0.5) is 0 Å². The molecular formula is C21H17NO4. The van der Waals surface area contributed by atoms with E-state index in [4.69, 9.17) is 9.47 Å². The molecule has 0 saturated carbocycles. The molecule has 4 rings (SSSR count). The van der Waals surface area contributed by atoms with E-state index in [1.807, 2.05) is 24.3 Å². The number of esters is 2. The normalized spacial score (nSPS) is 19.1. The second kappa shape index (κ2) is 5.66. The van der Waals surface area contributed by atoms with E-state index in [1.165, 1.54) is 5.56 Å². The molecule has 2 heterocycles. The molecule has 0 aromatic heterocycles. The molecule has 0 aliphatic carbocycles. The summed E-state index contributed by atoms with van der Waals surface area (Å²) < 4.78 is 10.6. The van der Waals surface area contributed by atoms with E-state index in [2.05, 4.69) is 25.8 Å². The highest BCUT2D eigenvalue weighted by molar-refractivity contribution is 6.16. The fourth-order valence-corrected chi connectivity index (χ4v) is 2.92. The molecule has 5 heteroatoms. The molecule has 0 atom stereocenters. The van der Waals surface area contributed by atoms with Crippen LogP contribution in [0.2, 0.25) is 0 Å². The van der Waals surface area contributed by atoms with Crippen molar-refractivity contribution in [2.75, 3.05) is 0 Å². The average Bonchev–Trinajstić information content (AvgIpc) is 3.15. The van der Waals surface area contributed by atoms with Crippen LogP contribution in [-0.4, -0.2) is 17.8 Å². The molecule has 0 radical (unpaired) electrons. The van der Waals surface area contributed by atoms with Gasteiger partial charge >= 0.3 is 11.9 Å². The zero-order valence-corrected chi connectivity index (χ0v) is 14.7. The third kappa shape index (κ3) is 2.62. The summed E-state index contributed by atoms with van der Waals surface area (Å²) in [5, 5.41) is 0. The summed E-state index contributed by atoms with van der Waals surface area (Å²) >= 11 is 0. The largest absolute Gasteiger partial charge is 0.420 e. The minimum Gasteiger partial charge on any atom is -0.420 e. The van der Waals surface area contributed by atoms with E-state index in [-0.39, 0.29) is 22.8 Å². The average molecular weight is 347 g/mol. The van der Waals surface area contributed by atoms with Crippen LogP contribution in [0.15, 0.2) is 59.2 Å². The van der Waals surface area contributed by atoms with Gasteiger partial charge in [-0.15, -0.1) is 0 Å². The lowest BCUT2D eigenvalue weighted by atomic mass is 9.87. The number of fused-ring (bicyclic) bond motifs is 1. The lowest BCUT2D eigenvalue weighted by Gasteiger charge is -2.18. The molecule has 2 aliphatic rings. The van der Waals surface area contributed by atoms with Crippen LogP contribution in [0.5, 0.6) is 0 Å². The number of carbonyl (C=O) groups excluding carboxylic acids is 2. The molecule has 2 aromatic carbocycles. The topological polar surface area (TPSA) is 65.0 Å². The number of benzene rings is 2. The van der Waals surface area contributed by atoms with Crippen LogP contribution in [0.3, 0.4) is 0 Å². The molecule has 0 fully saturated rings. The summed E-state index contributed by atoms with van der Waals surface area (Å²) in [6.07, 6.45) is 0. The maximum atomic E-state index is 12.3. The van der Waals surface area contributed by atoms with Crippen LogP contribution < -0.4 is 0 Å². The highest BCUT2D eigenvalue weighted by Gasteiger charge is 2.35. The Morgan fingerprint density at radius 3 is 2.12 bits per heavy atom. The van der Waals surface area contributed by atoms with Crippen molar-refractivity contribution in [3.05, 3.63) is 76.5 Å². The molecule has 0 bridgehead atoms. The molecule has 0 amide bonds. The van der Waals surface area contributed by atoms with Crippen molar-refractivity contribution in [2.45, 2.75) is 26.2 Å². The number of rotatable bonds is 1. The summed E-state index contributed by atoms with van der Waals surface area (Å²) in [6.45, 7) is 6.39. The smallest absolute Gasteiger partial charge is 0.367 e. The monoisotopic (exact) mass is 347 g/mol. The Bertz CT molecular complexity index is 991. The van der Waals surface area contributed by atoms with Gasteiger partial charge in [0, 0.05) is 11.1 Å². The molecular weight excluding hydrogens is 330 g/mol. The molecule has 26 heavy (non-hydrogen) atoms. The number of hydrogen-bond donors (Lipinski definition) is 0. The summed E-state index contributed by atoms with van der Waals surface area (Å²) in [5.74, 6) is -0.760. The van der Waals surface area contributed by atoms with Crippen LogP contribution in [-0.2, 0) is 19.7 Å². The predicted octanol–water partition coefficient (Wildman–Crippen LogP) is 3.83. The lowest BCUT2D eigenvalue weighted by molar-refractivity contribution is -0.130. The van der Waals surface area contributed by atoms with Gasteiger partial charge in [0.1, 0.15) is 0 Å². The van der Waals surface area contributed by atoms with Gasteiger partial charge in [-0.2, -0.15) is 0 Å². The maximum absolute atomic E-state index is 12.3. The number of aliphatic imine (C=N–C) groups is 1. The van der Waals surface area contributed by atoms with Gasteiger partial charge in [0.2, 0.25) is 5.90 Å². The first kappa shape index (κ1) is 16.3. The van der Waals surface area contributed by atoms with Crippen molar-refractivity contribution in [1.29, 1.82) is 0 Å². The van der Waals surface area contributed by atoms with Crippen molar-refractivity contribution in [3.63, 3.8) is 0 Å². The third-order valence-electron chi connectivity index (χ3n) is 4.40. The molecule has 0 spiro atoms. The highest BCUT2D eigenvalue weighted by Crippen LogP contribution is 2.34. The standard InChI is InChI=1S/C21H17NO4/c1-21(2,3)13-10-8-12(9-11-13)18-22-16(20(24)26-18)17-14-6-4-5-7-15(14)19(23)25-17/h4-11H,1-3H3/b17-16-. The third-order valence-corrected chi connectivity index (χ3v) is 4.40.